The molecule has 0 bridgehead atoms. The summed E-state index contributed by atoms with van der Waals surface area (Å²) in [6, 6.07) is 3.93. The second-order valence-corrected chi connectivity index (χ2v) is 7.60. The van der Waals surface area contributed by atoms with Crippen LogP contribution in [0.25, 0.3) is 0 Å². The molecule has 1 N–H and O–H groups in total. The van der Waals surface area contributed by atoms with E-state index in [0.29, 0.717) is 32.4 Å². The van der Waals surface area contributed by atoms with Gasteiger partial charge in [-0.1, -0.05) is 17.9 Å². The first-order valence-electron chi connectivity index (χ1n) is 7.50. The first kappa shape index (κ1) is 16.9. The van der Waals surface area contributed by atoms with Crippen LogP contribution in [-0.2, 0) is 4.74 Å². The first-order valence-corrected chi connectivity index (χ1v) is 8.38. The highest BCUT2D eigenvalue weighted by Crippen LogP contribution is 2.26. The molecule has 0 aliphatic carbocycles. The summed E-state index contributed by atoms with van der Waals surface area (Å²) < 4.78 is 5.35. The fraction of sp³-hybridized carbons (Fsp3) is 0.588. The number of carbonyl (C=O) groups is 1. The third-order valence-electron chi connectivity index (χ3n) is 3.50. The summed E-state index contributed by atoms with van der Waals surface area (Å²) in [5.74, 6) is 6.12. The monoisotopic (exact) mass is 321 g/mol. The molecule has 1 amide bonds. The Bertz CT molecular complexity index is 555. The van der Waals surface area contributed by atoms with Crippen molar-refractivity contribution in [3.63, 3.8) is 0 Å². The average Bonchev–Trinajstić information content (AvgIpc) is 2.90. The standard InChI is InChI=1S/C17H23NO3S/c1-16(2,3)21-15(19)18-11-9-17(20,10-12-18)8-4-6-14-7-5-13-22-14/h5,7,13,20H,8-12H2,1-3H3. The quantitative estimate of drug-likeness (QED) is 0.808. The van der Waals surface area contributed by atoms with Gasteiger partial charge >= 0.3 is 6.09 Å². The maximum atomic E-state index is 12.0. The molecule has 0 radical (unpaired) electrons. The van der Waals surface area contributed by atoms with Gasteiger partial charge in [0.1, 0.15) is 5.60 Å². The number of ether oxygens (including phenoxy) is 1. The molecule has 0 aromatic carbocycles. The molecule has 1 aromatic rings. The zero-order chi connectivity index (χ0) is 16.2. The van der Waals surface area contributed by atoms with Gasteiger partial charge in [-0.2, -0.15) is 0 Å². The molecule has 0 unspecified atom stereocenters. The number of hydrogen-bond donors (Lipinski definition) is 1. The molecule has 120 valence electrons. The normalized spacial score (nSPS) is 17.5. The van der Waals surface area contributed by atoms with Crippen molar-refractivity contribution in [2.75, 3.05) is 13.1 Å². The van der Waals surface area contributed by atoms with Gasteiger partial charge in [0.05, 0.1) is 10.5 Å². The van der Waals surface area contributed by atoms with Gasteiger partial charge < -0.3 is 14.7 Å². The van der Waals surface area contributed by atoms with E-state index in [1.165, 1.54) is 0 Å². The molecule has 1 saturated heterocycles. The lowest BCUT2D eigenvalue weighted by atomic mass is 9.88. The molecule has 1 fully saturated rings. The van der Waals surface area contributed by atoms with Crippen LogP contribution in [0.5, 0.6) is 0 Å². The Hall–Kier alpha value is -1.51. The molecule has 4 nitrogen and oxygen atoms in total. The Kier molecular flexibility index (Phi) is 5.15. The summed E-state index contributed by atoms with van der Waals surface area (Å²) in [6.45, 7) is 6.57. The number of piperidine rings is 1. The van der Waals surface area contributed by atoms with Crippen LogP contribution in [0.4, 0.5) is 4.79 Å². The predicted octanol–water partition coefficient (Wildman–Crippen LogP) is 3.25. The van der Waals surface area contributed by atoms with E-state index in [-0.39, 0.29) is 6.09 Å². The SMILES string of the molecule is CC(C)(C)OC(=O)N1CCC(O)(CC#Cc2cccs2)CC1. The minimum Gasteiger partial charge on any atom is -0.444 e. The summed E-state index contributed by atoms with van der Waals surface area (Å²) >= 11 is 1.59. The fourth-order valence-corrected chi connectivity index (χ4v) is 2.85. The predicted molar refractivity (Wildman–Crippen MR) is 87.8 cm³/mol. The Balaban J connectivity index is 1.84. The van der Waals surface area contributed by atoms with E-state index < -0.39 is 11.2 Å². The van der Waals surface area contributed by atoms with Crippen molar-refractivity contribution in [3.8, 4) is 11.8 Å². The lowest BCUT2D eigenvalue weighted by Gasteiger charge is -2.37. The fourth-order valence-electron chi connectivity index (χ4n) is 2.25. The second kappa shape index (κ2) is 6.72. The number of nitrogens with zero attached hydrogens (tertiary/aromatic N) is 1. The highest BCUT2D eigenvalue weighted by Gasteiger charge is 2.34. The Labute approximate surface area is 136 Å². The summed E-state index contributed by atoms with van der Waals surface area (Å²) in [5, 5.41) is 12.5. The molecule has 2 heterocycles. The van der Waals surface area contributed by atoms with Crippen molar-refractivity contribution in [1.29, 1.82) is 0 Å². The summed E-state index contributed by atoms with van der Waals surface area (Å²) in [4.78, 5) is 14.7. The highest BCUT2D eigenvalue weighted by molar-refractivity contribution is 7.10. The van der Waals surface area contributed by atoms with Crippen LogP contribution in [0.2, 0.25) is 0 Å². The van der Waals surface area contributed by atoms with Gasteiger partial charge in [-0.25, -0.2) is 4.79 Å². The van der Waals surface area contributed by atoms with Gasteiger partial charge in [-0.3, -0.25) is 0 Å². The van der Waals surface area contributed by atoms with Crippen LogP contribution in [0.3, 0.4) is 0 Å². The smallest absolute Gasteiger partial charge is 0.410 e. The van der Waals surface area contributed by atoms with E-state index in [4.69, 9.17) is 4.74 Å². The number of likely N-dealkylation sites (tertiary alicyclic amines) is 1. The molecule has 0 atom stereocenters. The summed E-state index contributed by atoms with van der Waals surface area (Å²) in [7, 11) is 0. The number of amides is 1. The molecule has 0 saturated carbocycles. The third-order valence-corrected chi connectivity index (χ3v) is 4.28. The van der Waals surface area contributed by atoms with E-state index in [0.717, 1.165) is 4.88 Å². The van der Waals surface area contributed by atoms with Crippen LogP contribution < -0.4 is 0 Å². The zero-order valence-electron chi connectivity index (χ0n) is 13.4. The molecule has 2 rings (SSSR count). The van der Waals surface area contributed by atoms with E-state index in [2.05, 4.69) is 11.8 Å². The summed E-state index contributed by atoms with van der Waals surface area (Å²) in [5.41, 5.74) is -1.29. The van der Waals surface area contributed by atoms with Gasteiger partial charge in [-0.05, 0) is 45.1 Å². The van der Waals surface area contributed by atoms with Gasteiger partial charge in [-0.15, -0.1) is 11.3 Å². The van der Waals surface area contributed by atoms with Crippen LogP contribution in [0.1, 0.15) is 44.9 Å². The molecule has 1 aromatic heterocycles. The van der Waals surface area contributed by atoms with E-state index >= 15 is 0 Å². The van der Waals surface area contributed by atoms with Crippen molar-refractivity contribution < 1.29 is 14.6 Å². The van der Waals surface area contributed by atoms with E-state index in [1.54, 1.807) is 16.2 Å². The van der Waals surface area contributed by atoms with E-state index in [9.17, 15) is 9.90 Å². The van der Waals surface area contributed by atoms with Crippen molar-refractivity contribution in [2.24, 2.45) is 0 Å². The van der Waals surface area contributed by atoms with Crippen molar-refractivity contribution >= 4 is 17.4 Å². The highest BCUT2D eigenvalue weighted by atomic mass is 32.1. The number of thiophene rings is 1. The topological polar surface area (TPSA) is 49.8 Å². The van der Waals surface area contributed by atoms with Crippen LogP contribution in [0, 0.1) is 11.8 Å². The molecule has 22 heavy (non-hydrogen) atoms. The van der Waals surface area contributed by atoms with Crippen LogP contribution in [0.15, 0.2) is 17.5 Å². The van der Waals surface area contributed by atoms with Crippen molar-refractivity contribution in [1.82, 2.24) is 4.90 Å². The number of aliphatic hydroxyl groups is 1. The third kappa shape index (κ3) is 5.04. The lowest BCUT2D eigenvalue weighted by Crippen LogP contribution is -2.47. The number of hydrogen-bond acceptors (Lipinski definition) is 4. The minimum absolute atomic E-state index is 0.306. The molecule has 0 spiro atoms. The first-order chi connectivity index (χ1) is 10.3. The van der Waals surface area contributed by atoms with Gasteiger partial charge in [0, 0.05) is 19.5 Å². The molecular formula is C17H23NO3S. The van der Waals surface area contributed by atoms with Gasteiger partial charge in [0.25, 0.3) is 0 Å². The minimum atomic E-state index is -0.803. The second-order valence-electron chi connectivity index (χ2n) is 6.65. The lowest BCUT2D eigenvalue weighted by molar-refractivity contribution is -0.0289. The molecule has 5 heteroatoms. The van der Waals surface area contributed by atoms with Crippen molar-refractivity contribution in [2.45, 2.75) is 51.2 Å². The summed E-state index contributed by atoms with van der Waals surface area (Å²) in [6.07, 6.45) is 1.20. The molecular weight excluding hydrogens is 298 g/mol. The number of rotatable bonds is 1. The maximum absolute atomic E-state index is 12.0. The van der Waals surface area contributed by atoms with E-state index in [1.807, 2.05) is 38.3 Å². The van der Waals surface area contributed by atoms with Crippen LogP contribution >= 0.6 is 11.3 Å². The Morgan fingerprint density at radius 1 is 1.45 bits per heavy atom. The molecule has 1 aliphatic rings. The Morgan fingerprint density at radius 3 is 2.68 bits per heavy atom. The van der Waals surface area contributed by atoms with Crippen molar-refractivity contribution in [3.05, 3.63) is 22.4 Å². The molecule has 1 aliphatic heterocycles. The van der Waals surface area contributed by atoms with Gasteiger partial charge in [0.2, 0.25) is 0 Å². The largest absolute Gasteiger partial charge is 0.444 e. The maximum Gasteiger partial charge on any atom is 0.410 e. The number of carbonyl (C=O) groups excluding carboxylic acids is 1. The van der Waals surface area contributed by atoms with Gasteiger partial charge in [0.15, 0.2) is 0 Å². The van der Waals surface area contributed by atoms with Crippen LogP contribution in [-0.4, -0.2) is 40.4 Å². The zero-order valence-corrected chi connectivity index (χ0v) is 14.2. The average molecular weight is 321 g/mol. The Morgan fingerprint density at radius 2 is 2.14 bits per heavy atom.